The zero-order chi connectivity index (χ0) is 15.2. The first-order valence-electron chi connectivity index (χ1n) is 7.54. The highest BCUT2D eigenvalue weighted by Gasteiger charge is 2.47. The van der Waals surface area contributed by atoms with Crippen LogP contribution in [0.4, 0.5) is 4.39 Å². The molecule has 0 saturated heterocycles. The number of halogens is 1. The molecule has 4 heteroatoms. The summed E-state index contributed by atoms with van der Waals surface area (Å²) in [6.07, 6.45) is 3.80. The minimum atomic E-state index is -0.826. The van der Waals surface area contributed by atoms with Crippen molar-refractivity contribution in [3.05, 3.63) is 34.8 Å². The third-order valence-electron chi connectivity index (χ3n) is 4.82. The molecule has 0 aliphatic heterocycles. The van der Waals surface area contributed by atoms with Crippen LogP contribution >= 0.6 is 0 Å². The van der Waals surface area contributed by atoms with Gasteiger partial charge < -0.3 is 10.1 Å². The van der Waals surface area contributed by atoms with E-state index in [2.05, 4.69) is 11.9 Å². The number of carboxylic acid groups (broad SMARTS) is 1. The van der Waals surface area contributed by atoms with E-state index >= 15 is 0 Å². The lowest BCUT2D eigenvalue weighted by Crippen LogP contribution is -2.34. The molecular formula is C17H20FNO2. The Morgan fingerprint density at radius 3 is 2.90 bits per heavy atom. The summed E-state index contributed by atoms with van der Waals surface area (Å²) in [4.78, 5) is 15.2. The summed E-state index contributed by atoms with van der Waals surface area (Å²) in [5, 5.41) is 10.6. The van der Waals surface area contributed by atoms with Crippen LogP contribution in [0.1, 0.15) is 49.4 Å². The van der Waals surface area contributed by atoms with E-state index in [0.29, 0.717) is 19.3 Å². The first kappa shape index (κ1) is 14.1. The normalized spacial score (nSPS) is 20.9. The highest BCUT2D eigenvalue weighted by atomic mass is 19.1. The third-order valence-corrected chi connectivity index (χ3v) is 4.82. The van der Waals surface area contributed by atoms with Crippen molar-refractivity contribution in [1.82, 2.24) is 4.98 Å². The van der Waals surface area contributed by atoms with Gasteiger partial charge in [-0.15, -0.1) is 0 Å². The molecule has 0 fully saturated rings. The van der Waals surface area contributed by atoms with Gasteiger partial charge in [-0.05, 0) is 49.4 Å². The first-order chi connectivity index (χ1) is 9.99. The van der Waals surface area contributed by atoms with Gasteiger partial charge in [-0.2, -0.15) is 0 Å². The molecule has 0 spiro atoms. The number of hydrogen-bond acceptors (Lipinski definition) is 1. The summed E-state index contributed by atoms with van der Waals surface area (Å²) in [5.74, 6) is -1.03. The van der Waals surface area contributed by atoms with Crippen molar-refractivity contribution in [3.63, 3.8) is 0 Å². The van der Waals surface area contributed by atoms with Gasteiger partial charge in [-0.25, -0.2) is 4.39 Å². The van der Waals surface area contributed by atoms with Crippen LogP contribution in [0, 0.1) is 12.7 Å². The lowest BCUT2D eigenvalue weighted by molar-refractivity contribution is -0.144. The Bertz CT molecular complexity index is 719. The second-order valence-corrected chi connectivity index (χ2v) is 6.11. The van der Waals surface area contributed by atoms with Crippen molar-refractivity contribution in [2.45, 2.75) is 51.4 Å². The summed E-state index contributed by atoms with van der Waals surface area (Å²) in [7, 11) is 0. The minimum Gasteiger partial charge on any atom is -0.481 e. The lowest BCUT2D eigenvalue weighted by atomic mass is 9.80. The van der Waals surface area contributed by atoms with E-state index in [1.54, 1.807) is 0 Å². The monoisotopic (exact) mass is 289 g/mol. The van der Waals surface area contributed by atoms with Crippen molar-refractivity contribution in [3.8, 4) is 0 Å². The van der Waals surface area contributed by atoms with Crippen molar-refractivity contribution in [2.75, 3.05) is 0 Å². The van der Waals surface area contributed by atoms with Gasteiger partial charge in [0.1, 0.15) is 11.2 Å². The van der Waals surface area contributed by atoms with E-state index < -0.39 is 11.4 Å². The van der Waals surface area contributed by atoms with Gasteiger partial charge in [0.2, 0.25) is 0 Å². The number of benzene rings is 1. The van der Waals surface area contributed by atoms with Gasteiger partial charge in [0.15, 0.2) is 0 Å². The first-order valence-corrected chi connectivity index (χ1v) is 7.54. The lowest BCUT2D eigenvalue weighted by Gasteiger charge is -2.24. The Morgan fingerprint density at radius 2 is 2.24 bits per heavy atom. The number of aliphatic carboxylic acids is 1. The van der Waals surface area contributed by atoms with E-state index in [1.165, 1.54) is 12.1 Å². The van der Waals surface area contributed by atoms with Crippen molar-refractivity contribution in [2.24, 2.45) is 0 Å². The molecule has 3 rings (SSSR count). The maximum Gasteiger partial charge on any atom is 0.315 e. The fourth-order valence-corrected chi connectivity index (χ4v) is 3.66. The molecule has 3 nitrogen and oxygen atoms in total. The van der Waals surface area contributed by atoms with Crippen LogP contribution in [0.3, 0.4) is 0 Å². The maximum absolute atomic E-state index is 13.7. The number of H-pyrrole nitrogens is 1. The summed E-state index contributed by atoms with van der Waals surface area (Å²) in [6.45, 7) is 3.92. The number of rotatable bonds is 4. The van der Waals surface area contributed by atoms with Gasteiger partial charge in [0.25, 0.3) is 0 Å². The predicted octanol–water partition coefficient (Wildman–Crippen LogP) is 4.07. The molecule has 1 aliphatic carbocycles. The third kappa shape index (κ3) is 1.96. The smallest absolute Gasteiger partial charge is 0.315 e. The Labute approximate surface area is 123 Å². The Hall–Kier alpha value is -1.84. The zero-order valence-electron chi connectivity index (χ0n) is 12.4. The van der Waals surface area contributed by atoms with Gasteiger partial charge in [0, 0.05) is 16.6 Å². The van der Waals surface area contributed by atoms with Crippen LogP contribution in [0.25, 0.3) is 10.9 Å². The molecule has 112 valence electrons. The molecule has 0 bridgehead atoms. The van der Waals surface area contributed by atoms with Gasteiger partial charge in [0.05, 0.1) is 0 Å². The molecule has 1 heterocycles. The van der Waals surface area contributed by atoms with Crippen LogP contribution < -0.4 is 0 Å². The quantitative estimate of drug-likeness (QED) is 0.891. The number of carboxylic acids is 1. The Morgan fingerprint density at radius 1 is 1.48 bits per heavy atom. The summed E-state index contributed by atoms with van der Waals surface area (Å²) in [6, 6.07) is 3.01. The Balaban J connectivity index is 2.21. The van der Waals surface area contributed by atoms with Crippen molar-refractivity contribution in [1.29, 1.82) is 0 Å². The summed E-state index contributed by atoms with van der Waals surface area (Å²) >= 11 is 0. The molecule has 1 aromatic carbocycles. The molecule has 2 N–H and O–H groups in total. The summed E-state index contributed by atoms with van der Waals surface area (Å²) < 4.78 is 13.7. The Kier molecular flexibility index (Phi) is 3.27. The maximum atomic E-state index is 13.7. The fraction of sp³-hybridized carbons (Fsp3) is 0.471. The van der Waals surface area contributed by atoms with Gasteiger partial charge >= 0.3 is 5.97 Å². The van der Waals surface area contributed by atoms with Crippen LogP contribution in [0.5, 0.6) is 0 Å². The predicted molar refractivity (Wildman–Crippen MR) is 80.2 cm³/mol. The zero-order valence-corrected chi connectivity index (χ0v) is 12.4. The van der Waals surface area contributed by atoms with Gasteiger partial charge in [-0.3, -0.25) is 4.79 Å². The second-order valence-electron chi connectivity index (χ2n) is 6.11. The summed E-state index contributed by atoms with van der Waals surface area (Å²) in [5.41, 5.74) is 2.67. The molecule has 0 radical (unpaired) electrons. The van der Waals surface area contributed by atoms with Crippen LogP contribution in [-0.4, -0.2) is 16.1 Å². The van der Waals surface area contributed by atoms with E-state index in [1.807, 2.05) is 6.92 Å². The molecular weight excluding hydrogens is 269 g/mol. The average Bonchev–Trinajstić information content (AvgIpc) is 2.95. The van der Waals surface area contributed by atoms with E-state index in [0.717, 1.165) is 40.6 Å². The van der Waals surface area contributed by atoms with Crippen molar-refractivity contribution < 1.29 is 14.3 Å². The van der Waals surface area contributed by atoms with Crippen LogP contribution in [0.2, 0.25) is 0 Å². The molecule has 2 aromatic rings. The number of nitrogens with one attached hydrogen (secondary N) is 1. The van der Waals surface area contributed by atoms with E-state index in [-0.39, 0.29) is 5.82 Å². The SMILES string of the molecule is CCCCC1(C(=O)O)CCc2c1[nH]c1c(C)cc(F)cc21. The van der Waals surface area contributed by atoms with E-state index in [9.17, 15) is 14.3 Å². The minimum absolute atomic E-state index is 0.261. The molecule has 21 heavy (non-hydrogen) atoms. The van der Waals surface area contributed by atoms with Crippen LogP contribution in [-0.2, 0) is 16.6 Å². The molecule has 1 aliphatic rings. The average molecular weight is 289 g/mol. The topological polar surface area (TPSA) is 53.1 Å². The standard InChI is InChI=1S/C17H20FNO2/c1-3-4-6-17(16(20)21)7-5-12-13-9-11(18)8-10(2)14(13)19-15(12)17/h8-9,19H,3-7H2,1-2H3,(H,20,21). The highest BCUT2D eigenvalue weighted by molar-refractivity contribution is 5.92. The van der Waals surface area contributed by atoms with E-state index in [4.69, 9.17) is 0 Å². The highest BCUT2D eigenvalue weighted by Crippen LogP contribution is 2.46. The molecule has 1 atom stereocenters. The number of hydrogen-bond donors (Lipinski definition) is 2. The number of carbonyl (C=O) groups is 1. The number of aryl methyl sites for hydroxylation is 2. The largest absolute Gasteiger partial charge is 0.481 e. The molecule has 1 unspecified atom stereocenters. The van der Waals surface area contributed by atoms with Crippen LogP contribution in [0.15, 0.2) is 12.1 Å². The number of aromatic nitrogens is 1. The number of aromatic amines is 1. The van der Waals surface area contributed by atoms with Gasteiger partial charge in [-0.1, -0.05) is 19.8 Å². The molecule has 0 amide bonds. The fourth-order valence-electron chi connectivity index (χ4n) is 3.66. The number of unbranched alkanes of at least 4 members (excludes halogenated alkanes) is 1. The second kappa shape index (κ2) is 4.86. The van der Waals surface area contributed by atoms with Crippen molar-refractivity contribution >= 4 is 16.9 Å². The molecule has 1 aromatic heterocycles. The molecule has 0 saturated carbocycles. The number of fused-ring (bicyclic) bond motifs is 3.